The molecular formula is C29H24. The third kappa shape index (κ3) is 2.20. The monoisotopic (exact) mass is 372 g/mol. The summed E-state index contributed by atoms with van der Waals surface area (Å²) in [5.41, 5.74) is 15.7. The van der Waals surface area contributed by atoms with Crippen molar-refractivity contribution in [3.05, 3.63) is 107 Å². The molecule has 2 aliphatic rings. The Hall–Kier alpha value is -3.12. The molecule has 0 spiro atoms. The molecule has 2 aliphatic carbocycles. The largest absolute Gasteiger partial charge is 0.0619 e. The Morgan fingerprint density at radius 2 is 1.14 bits per heavy atom. The van der Waals surface area contributed by atoms with Crippen molar-refractivity contribution in [1.29, 1.82) is 0 Å². The molecule has 2 atom stereocenters. The van der Waals surface area contributed by atoms with Crippen LogP contribution < -0.4 is 0 Å². The second-order valence-corrected chi connectivity index (χ2v) is 8.66. The molecule has 140 valence electrons. The first-order chi connectivity index (χ1) is 14.1. The van der Waals surface area contributed by atoms with Gasteiger partial charge in [0, 0.05) is 11.8 Å². The minimum atomic E-state index is 0.415. The molecule has 0 aliphatic heterocycles. The van der Waals surface area contributed by atoms with Crippen LogP contribution in [-0.4, -0.2) is 0 Å². The predicted octanol–water partition coefficient (Wildman–Crippen LogP) is 7.93. The van der Waals surface area contributed by atoms with E-state index in [1.807, 2.05) is 0 Å². The second kappa shape index (κ2) is 5.94. The van der Waals surface area contributed by atoms with Crippen molar-refractivity contribution < 1.29 is 0 Å². The molecule has 0 bridgehead atoms. The Balaban J connectivity index is 1.75. The Morgan fingerprint density at radius 3 is 1.83 bits per heavy atom. The van der Waals surface area contributed by atoms with Crippen LogP contribution in [0.15, 0.2) is 78.9 Å². The van der Waals surface area contributed by atoms with Crippen molar-refractivity contribution in [3.63, 3.8) is 0 Å². The lowest BCUT2D eigenvalue weighted by Crippen LogP contribution is -1.97. The maximum Gasteiger partial charge on any atom is 0.00798 e. The van der Waals surface area contributed by atoms with Crippen LogP contribution in [0.25, 0.3) is 33.4 Å². The Kier molecular flexibility index (Phi) is 3.44. The van der Waals surface area contributed by atoms with Crippen LogP contribution in [0.2, 0.25) is 0 Å². The van der Waals surface area contributed by atoms with Gasteiger partial charge >= 0.3 is 0 Å². The minimum Gasteiger partial charge on any atom is -0.0619 e. The maximum absolute atomic E-state index is 2.48. The highest BCUT2D eigenvalue weighted by Gasteiger charge is 2.36. The number of hydrogen-bond donors (Lipinski definition) is 0. The van der Waals surface area contributed by atoms with E-state index in [9.17, 15) is 0 Å². The minimum absolute atomic E-state index is 0.415. The van der Waals surface area contributed by atoms with Crippen molar-refractivity contribution in [2.75, 3.05) is 0 Å². The first kappa shape index (κ1) is 16.8. The molecule has 0 fully saturated rings. The summed E-state index contributed by atoms with van der Waals surface area (Å²) in [6.45, 7) is 6.91. The molecule has 0 N–H and O–H groups in total. The van der Waals surface area contributed by atoms with E-state index in [2.05, 4.69) is 99.6 Å². The molecule has 4 aromatic rings. The lowest BCUT2D eigenvalue weighted by molar-refractivity contribution is 0.938. The standard InChI is InChI=1S/C29H24/c1-17-12-14-20(15-13-17)26-16-25-18(2)21-8-4-6-10-23(21)28(25)27-19(3)22-9-5-7-11-24(22)29(26)27/h4-16,18-19H,1-3H3. The molecule has 2 unspecified atom stereocenters. The highest BCUT2D eigenvalue weighted by molar-refractivity contribution is 5.99. The van der Waals surface area contributed by atoms with E-state index < -0.39 is 0 Å². The maximum atomic E-state index is 2.48. The Bertz CT molecular complexity index is 1270. The van der Waals surface area contributed by atoms with E-state index in [-0.39, 0.29) is 0 Å². The van der Waals surface area contributed by atoms with Crippen LogP contribution >= 0.6 is 0 Å². The Labute approximate surface area is 172 Å². The average molecular weight is 373 g/mol. The van der Waals surface area contributed by atoms with E-state index in [0.29, 0.717) is 11.8 Å². The highest BCUT2D eigenvalue weighted by atomic mass is 14.4. The summed E-state index contributed by atoms with van der Waals surface area (Å²) in [6.07, 6.45) is 0. The third-order valence-electron chi connectivity index (χ3n) is 7.05. The number of benzene rings is 4. The predicted molar refractivity (Wildman–Crippen MR) is 123 cm³/mol. The molecule has 0 radical (unpaired) electrons. The number of hydrogen-bond acceptors (Lipinski definition) is 0. The molecule has 0 heterocycles. The van der Waals surface area contributed by atoms with Gasteiger partial charge in [0.25, 0.3) is 0 Å². The highest BCUT2D eigenvalue weighted by Crippen LogP contribution is 2.58. The van der Waals surface area contributed by atoms with E-state index >= 15 is 0 Å². The molecular weight excluding hydrogens is 348 g/mol. The van der Waals surface area contributed by atoms with Gasteiger partial charge < -0.3 is 0 Å². The lowest BCUT2D eigenvalue weighted by atomic mass is 9.85. The van der Waals surface area contributed by atoms with E-state index in [0.717, 1.165) is 0 Å². The van der Waals surface area contributed by atoms with E-state index in [1.165, 1.54) is 61.2 Å². The molecule has 29 heavy (non-hydrogen) atoms. The van der Waals surface area contributed by atoms with Gasteiger partial charge in [-0.25, -0.2) is 0 Å². The quantitative estimate of drug-likeness (QED) is 0.318. The molecule has 0 heteroatoms. The van der Waals surface area contributed by atoms with Crippen molar-refractivity contribution >= 4 is 0 Å². The van der Waals surface area contributed by atoms with Gasteiger partial charge in [0.15, 0.2) is 0 Å². The van der Waals surface area contributed by atoms with Gasteiger partial charge in [-0.15, -0.1) is 0 Å². The average Bonchev–Trinajstić information content (AvgIpc) is 3.21. The lowest BCUT2D eigenvalue weighted by Gasteiger charge is -2.18. The van der Waals surface area contributed by atoms with Crippen LogP contribution in [-0.2, 0) is 0 Å². The van der Waals surface area contributed by atoms with Crippen LogP contribution in [0, 0.1) is 6.92 Å². The van der Waals surface area contributed by atoms with Crippen LogP contribution in [0.1, 0.15) is 53.5 Å². The zero-order chi connectivity index (χ0) is 19.7. The summed E-state index contributed by atoms with van der Waals surface area (Å²) in [7, 11) is 0. The summed E-state index contributed by atoms with van der Waals surface area (Å²) in [5, 5.41) is 0. The van der Waals surface area contributed by atoms with E-state index in [1.54, 1.807) is 0 Å². The molecule has 0 saturated carbocycles. The van der Waals surface area contributed by atoms with Crippen molar-refractivity contribution in [2.45, 2.75) is 32.6 Å². The van der Waals surface area contributed by atoms with Crippen molar-refractivity contribution in [3.8, 4) is 33.4 Å². The molecule has 0 amide bonds. The van der Waals surface area contributed by atoms with Gasteiger partial charge in [-0.1, -0.05) is 92.2 Å². The fraction of sp³-hybridized carbons (Fsp3) is 0.172. The van der Waals surface area contributed by atoms with Gasteiger partial charge in [-0.2, -0.15) is 0 Å². The second-order valence-electron chi connectivity index (χ2n) is 8.66. The summed E-state index contributed by atoms with van der Waals surface area (Å²) in [4.78, 5) is 0. The number of aryl methyl sites for hydroxylation is 1. The summed E-state index contributed by atoms with van der Waals surface area (Å²) in [6, 6.07) is 29.5. The third-order valence-corrected chi connectivity index (χ3v) is 7.05. The van der Waals surface area contributed by atoms with Crippen LogP contribution in [0.3, 0.4) is 0 Å². The molecule has 4 aromatic carbocycles. The molecule has 0 nitrogen and oxygen atoms in total. The van der Waals surface area contributed by atoms with Crippen molar-refractivity contribution in [2.24, 2.45) is 0 Å². The fourth-order valence-electron chi connectivity index (χ4n) is 5.58. The fourth-order valence-corrected chi connectivity index (χ4v) is 5.58. The van der Waals surface area contributed by atoms with Gasteiger partial charge in [-0.05, 0) is 68.6 Å². The smallest absolute Gasteiger partial charge is 0.00798 e. The van der Waals surface area contributed by atoms with Crippen molar-refractivity contribution in [1.82, 2.24) is 0 Å². The summed E-state index contributed by atoms with van der Waals surface area (Å²) in [5.74, 6) is 0.852. The summed E-state index contributed by atoms with van der Waals surface area (Å²) < 4.78 is 0. The topological polar surface area (TPSA) is 0 Å². The molecule has 6 rings (SSSR count). The van der Waals surface area contributed by atoms with Gasteiger partial charge in [0.2, 0.25) is 0 Å². The zero-order valence-corrected chi connectivity index (χ0v) is 17.2. The Morgan fingerprint density at radius 1 is 0.552 bits per heavy atom. The SMILES string of the molecule is Cc1ccc(-c2cc3c(c4c2-c2ccccc2C4C)-c2ccccc2C3C)cc1. The number of fused-ring (bicyclic) bond motifs is 7. The van der Waals surface area contributed by atoms with Crippen LogP contribution in [0.4, 0.5) is 0 Å². The van der Waals surface area contributed by atoms with Gasteiger partial charge in [-0.3, -0.25) is 0 Å². The van der Waals surface area contributed by atoms with Gasteiger partial charge in [0.05, 0.1) is 0 Å². The number of rotatable bonds is 1. The molecule has 0 saturated heterocycles. The molecule has 0 aromatic heterocycles. The normalized spacial score (nSPS) is 18.2. The first-order valence-electron chi connectivity index (χ1n) is 10.6. The first-order valence-corrected chi connectivity index (χ1v) is 10.6. The van der Waals surface area contributed by atoms with Crippen LogP contribution in [0.5, 0.6) is 0 Å². The van der Waals surface area contributed by atoms with Gasteiger partial charge in [0.1, 0.15) is 0 Å². The summed E-state index contributed by atoms with van der Waals surface area (Å²) >= 11 is 0. The van der Waals surface area contributed by atoms with E-state index in [4.69, 9.17) is 0 Å². The zero-order valence-electron chi connectivity index (χ0n) is 17.2.